The number of aromatic nitrogens is 2. The summed E-state index contributed by atoms with van der Waals surface area (Å²) in [7, 11) is 0. The first-order valence-electron chi connectivity index (χ1n) is 7.47. The highest BCUT2D eigenvalue weighted by atomic mass is 16.3. The second-order valence-corrected chi connectivity index (χ2v) is 6.19. The van der Waals surface area contributed by atoms with Crippen molar-refractivity contribution in [3.05, 3.63) is 17.5 Å². The molecule has 1 heterocycles. The van der Waals surface area contributed by atoms with Gasteiger partial charge in [-0.2, -0.15) is 5.10 Å². The number of hydrogen-bond acceptors (Lipinski definition) is 3. The lowest BCUT2D eigenvalue weighted by Gasteiger charge is -2.15. The Bertz CT molecular complexity index is 468. The molecule has 1 aromatic heterocycles. The molecule has 5 nitrogen and oxygen atoms in total. The third-order valence-electron chi connectivity index (χ3n) is 4.03. The van der Waals surface area contributed by atoms with Crippen LogP contribution in [0.1, 0.15) is 49.2 Å². The number of amides is 1. The van der Waals surface area contributed by atoms with Crippen molar-refractivity contribution in [2.75, 3.05) is 6.54 Å². The lowest BCUT2D eigenvalue weighted by Crippen LogP contribution is -2.32. The smallest absolute Gasteiger partial charge is 0.254 e. The molecule has 2 rings (SSSR count). The number of nitrogens with zero attached hydrogens (tertiary/aromatic N) is 2. The topological polar surface area (TPSA) is 67.2 Å². The molecule has 1 aromatic rings. The van der Waals surface area contributed by atoms with Crippen LogP contribution in [0.5, 0.6) is 0 Å². The number of nitrogens with one attached hydrogen (secondary N) is 1. The SMILES string of the molecule is Cc1c(C(=O)NCC2CCCC2O)cnn1CC(C)C. The zero-order valence-electron chi connectivity index (χ0n) is 12.6. The molecule has 20 heavy (non-hydrogen) atoms. The number of aliphatic hydroxyl groups is 1. The fourth-order valence-electron chi connectivity index (χ4n) is 2.77. The summed E-state index contributed by atoms with van der Waals surface area (Å²) in [5.41, 5.74) is 1.54. The highest BCUT2D eigenvalue weighted by molar-refractivity contribution is 5.95. The Kier molecular flexibility index (Phi) is 4.81. The van der Waals surface area contributed by atoms with E-state index in [9.17, 15) is 9.90 Å². The van der Waals surface area contributed by atoms with Gasteiger partial charge in [-0.25, -0.2) is 0 Å². The molecule has 2 atom stereocenters. The van der Waals surface area contributed by atoms with Gasteiger partial charge in [0.15, 0.2) is 0 Å². The van der Waals surface area contributed by atoms with Crippen molar-refractivity contribution < 1.29 is 9.90 Å². The Labute approximate surface area is 120 Å². The van der Waals surface area contributed by atoms with Gasteiger partial charge in [-0.05, 0) is 25.7 Å². The lowest BCUT2D eigenvalue weighted by atomic mass is 10.1. The lowest BCUT2D eigenvalue weighted by molar-refractivity contribution is 0.0916. The summed E-state index contributed by atoms with van der Waals surface area (Å²) in [6.45, 7) is 7.55. The largest absolute Gasteiger partial charge is 0.393 e. The fraction of sp³-hybridized carbons (Fsp3) is 0.733. The summed E-state index contributed by atoms with van der Waals surface area (Å²) in [6, 6.07) is 0. The predicted molar refractivity (Wildman–Crippen MR) is 77.5 cm³/mol. The average Bonchev–Trinajstić information content (AvgIpc) is 2.94. The second-order valence-electron chi connectivity index (χ2n) is 6.19. The minimum absolute atomic E-state index is 0.0865. The van der Waals surface area contributed by atoms with Gasteiger partial charge in [0, 0.05) is 24.7 Å². The summed E-state index contributed by atoms with van der Waals surface area (Å²) >= 11 is 0. The molecule has 112 valence electrons. The molecule has 0 aliphatic heterocycles. The van der Waals surface area contributed by atoms with Crippen molar-refractivity contribution in [1.29, 1.82) is 0 Å². The molecule has 0 aromatic carbocycles. The number of hydrogen-bond donors (Lipinski definition) is 2. The molecule has 2 unspecified atom stereocenters. The van der Waals surface area contributed by atoms with E-state index in [0.717, 1.165) is 31.5 Å². The third kappa shape index (κ3) is 3.39. The molecule has 5 heteroatoms. The van der Waals surface area contributed by atoms with Crippen molar-refractivity contribution >= 4 is 5.91 Å². The minimum atomic E-state index is -0.264. The molecule has 0 bridgehead atoms. The van der Waals surface area contributed by atoms with E-state index >= 15 is 0 Å². The van der Waals surface area contributed by atoms with E-state index < -0.39 is 0 Å². The molecular formula is C15H25N3O2. The summed E-state index contributed by atoms with van der Waals surface area (Å²) in [4.78, 5) is 12.2. The van der Waals surface area contributed by atoms with Crippen LogP contribution in [0.3, 0.4) is 0 Å². The molecule has 1 fully saturated rings. The standard InChI is InChI=1S/C15H25N3O2/c1-10(2)9-18-11(3)13(8-17-18)15(20)16-7-12-5-4-6-14(12)19/h8,10,12,14,19H,4-7,9H2,1-3H3,(H,16,20). The van der Waals surface area contributed by atoms with Crippen LogP contribution >= 0.6 is 0 Å². The van der Waals surface area contributed by atoms with Gasteiger partial charge in [0.1, 0.15) is 0 Å². The van der Waals surface area contributed by atoms with Gasteiger partial charge in [0.05, 0.1) is 17.9 Å². The Morgan fingerprint density at radius 2 is 2.30 bits per heavy atom. The van der Waals surface area contributed by atoms with Gasteiger partial charge in [-0.1, -0.05) is 20.3 Å². The molecule has 1 saturated carbocycles. The summed E-state index contributed by atoms with van der Waals surface area (Å²) in [5.74, 6) is 0.611. The van der Waals surface area contributed by atoms with Crippen molar-refractivity contribution in [2.24, 2.45) is 11.8 Å². The fourth-order valence-corrected chi connectivity index (χ4v) is 2.77. The van der Waals surface area contributed by atoms with E-state index in [1.807, 2.05) is 11.6 Å². The number of carbonyl (C=O) groups excluding carboxylic acids is 1. The van der Waals surface area contributed by atoms with Crippen LogP contribution in [0.4, 0.5) is 0 Å². The molecule has 0 saturated heterocycles. The first kappa shape index (κ1) is 15.0. The van der Waals surface area contributed by atoms with Crippen molar-refractivity contribution in [1.82, 2.24) is 15.1 Å². The van der Waals surface area contributed by atoms with Crippen LogP contribution in [0.2, 0.25) is 0 Å². The third-order valence-corrected chi connectivity index (χ3v) is 4.03. The summed E-state index contributed by atoms with van der Waals surface area (Å²) in [5, 5.41) is 17.0. The van der Waals surface area contributed by atoms with E-state index in [-0.39, 0.29) is 17.9 Å². The molecule has 2 N–H and O–H groups in total. The molecular weight excluding hydrogens is 254 g/mol. The average molecular weight is 279 g/mol. The van der Waals surface area contributed by atoms with E-state index in [0.29, 0.717) is 18.0 Å². The van der Waals surface area contributed by atoms with Crippen molar-refractivity contribution in [2.45, 2.75) is 52.7 Å². The van der Waals surface area contributed by atoms with Crippen LogP contribution in [0.25, 0.3) is 0 Å². The highest BCUT2D eigenvalue weighted by Crippen LogP contribution is 2.24. The van der Waals surface area contributed by atoms with Gasteiger partial charge >= 0.3 is 0 Å². The van der Waals surface area contributed by atoms with E-state index in [2.05, 4.69) is 24.3 Å². The number of rotatable bonds is 5. The van der Waals surface area contributed by atoms with Crippen molar-refractivity contribution in [3.63, 3.8) is 0 Å². The van der Waals surface area contributed by atoms with Gasteiger partial charge in [0.2, 0.25) is 0 Å². The Morgan fingerprint density at radius 3 is 2.90 bits per heavy atom. The van der Waals surface area contributed by atoms with Crippen LogP contribution < -0.4 is 5.32 Å². The van der Waals surface area contributed by atoms with Crippen LogP contribution in [0, 0.1) is 18.8 Å². The number of aliphatic hydroxyl groups excluding tert-OH is 1. The second kappa shape index (κ2) is 6.39. The van der Waals surface area contributed by atoms with E-state index in [4.69, 9.17) is 0 Å². The highest BCUT2D eigenvalue weighted by Gasteiger charge is 2.26. The molecule has 1 amide bonds. The Morgan fingerprint density at radius 1 is 1.55 bits per heavy atom. The van der Waals surface area contributed by atoms with Crippen LogP contribution in [-0.4, -0.2) is 33.4 Å². The van der Waals surface area contributed by atoms with Gasteiger partial charge in [-0.15, -0.1) is 0 Å². The zero-order chi connectivity index (χ0) is 14.7. The maximum atomic E-state index is 12.2. The predicted octanol–water partition coefficient (Wildman–Crippen LogP) is 1.74. The van der Waals surface area contributed by atoms with Crippen LogP contribution in [-0.2, 0) is 6.54 Å². The summed E-state index contributed by atoms with van der Waals surface area (Å²) < 4.78 is 1.88. The first-order chi connectivity index (χ1) is 9.49. The monoisotopic (exact) mass is 279 g/mol. The Balaban J connectivity index is 1.94. The van der Waals surface area contributed by atoms with Crippen molar-refractivity contribution in [3.8, 4) is 0 Å². The molecule has 1 aliphatic rings. The quantitative estimate of drug-likeness (QED) is 0.862. The maximum absolute atomic E-state index is 12.2. The first-order valence-corrected chi connectivity index (χ1v) is 7.47. The minimum Gasteiger partial charge on any atom is -0.393 e. The van der Waals surface area contributed by atoms with E-state index in [1.54, 1.807) is 6.20 Å². The maximum Gasteiger partial charge on any atom is 0.254 e. The number of carbonyl (C=O) groups is 1. The molecule has 0 radical (unpaired) electrons. The van der Waals surface area contributed by atoms with Gasteiger partial charge in [-0.3, -0.25) is 9.48 Å². The van der Waals surface area contributed by atoms with Gasteiger partial charge < -0.3 is 10.4 Å². The zero-order valence-corrected chi connectivity index (χ0v) is 12.6. The normalized spacial score (nSPS) is 22.4. The summed E-state index contributed by atoms with van der Waals surface area (Å²) in [6.07, 6.45) is 4.27. The van der Waals surface area contributed by atoms with Gasteiger partial charge in [0.25, 0.3) is 5.91 Å². The Hall–Kier alpha value is -1.36. The van der Waals surface area contributed by atoms with E-state index in [1.165, 1.54) is 0 Å². The molecule has 0 spiro atoms. The van der Waals surface area contributed by atoms with Crippen LogP contribution in [0.15, 0.2) is 6.20 Å². The molecule has 1 aliphatic carbocycles.